The van der Waals surface area contributed by atoms with E-state index in [0.29, 0.717) is 24.4 Å². The molecular formula is C27H28FN7O3. The zero-order valence-electron chi connectivity index (χ0n) is 20.9. The molecule has 0 radical (unpaired) electrons. The van der Waals surface area contributed by atoms with Crippen molar-refractivity contribution in [3.8, 4) is 11.3 Å². The summed E-state index contributed by atoms with van der Waals surface area (Å²) in [6.07, 6.45) is 7.81. The van der Waals surface area contributed by atoms with Crippen LogP contribution in [0.4, 0.5) is 10.1 Å². The monoisotopic (exact) mass is 517 g/mol. The number of carbonyl (C=O) groups is 2. The van der Waals surface area contributed by atoms with E-state index in [9.17, 15) is 14.0 Å². The summed E-state index contributed by atoms with van der Waals surface area (Å²) in [5.41, 5.74) is 2.80. The molecule has 11 heteroatoms. The number of hydrogen-bond acceptors (Lipinski definition) is 6. The van der Waals surface area contributed by atoms with Gasteiger partial charge in [-0.05, 0) is 43.2 Å². The second-order valence-corrected chi connectivity index (χ2v) is 9.87. The lowest BCUT2D eigenvalue weighted by molar-refractivity contribution is -0.0375. The third-order valence-corrected chi connectivity index (χ3v) is 7.06. The maximum atomic E-state index is 14.5. The quantitative estimate of drug-likeness (QED) is 0.347. The number of H-pyrrole nitrogens is 1. The molecule has 0 aliphatic carbocycles. The van der Waals surface area contributed by atoms with Crippen LogP contribution in [0, 0.1) is 5.82 Å². The van der Waals surface area contributed by atoms with Crippen molar-refractivity contribution < 1.29 is 18.7 Å². The molecule has 0 saturated carbocycles. The van der Waals surface area contributed by atoms with Gasteiger partial charge in [0, 0.05) is 62.1 Å². The summed E-state index contributed by atoms with van der Waals surface area (Å²) in [6, 6.07) is 7.49. The number of aromatic amines is 1. The summed E-state index contributed by atoms with van der Waals surface area (Å²) >= 11 is 0. The molecule has 0 spiro atoms. The Morgan fingerprint density at radius 2 is 1.92 bits per heavy atom. The number of rotatable bonds is 7. The Morgan fingerprint density at radius 3 is 2.68 bits per heavy atom. The summed E-state index contributed by atoms with van der Waals surface area (Å²) in [6.45, 7) is 2.96. The van der Waals surface area contributed by atoms with E-state index < -0.39 is 11.7 Å². The number of pyridine rings is 1. The van der Waals surface area contributed by atoms with E-state index >= 15 is 0 Å². The predicted octanol–water partition coefficient (Wildman–Crippen LogP) is 2.95. The van der Waals surface area contributed by atoms with Crippen molar-refractivity contribution >= 4 is 28.5 Å². The number of morpholine rings is 1. The molecule has 3 aromatic heterocycles. The lowest BCUT2D eigenvalue weighted by Crippen LogP contribution is -2.45. The Balaban J connectivity index is 1.10. The predicted molar refractivity (Wildman–Crippen MR) is 139 cm³/mol. The molecule has 2 bridgehead atoms. The van der Waals surface area contributed by atoms with Crippen LogP contribution in [0.5, 0.6) is 0 Å². The average molecular weight is 518 g/mol. The van der Waals surface area contributed by atoms with E-state index in [4.69, 9.17) is 4.74 Å². The Hall–Kier alpha value is -4.09. The minimum atomic E-state index is -0.631. The number of carbonyl (C=O) groups excluding carboxylic acids is 2. The zero-order chi connectivity index (χ0) is 26.2. The lowest BCUT2D eigenvalue weighted by Gasteiger charge is -2.31. The lowest BCUT2D eigenvalue weighted by atomic mass is 10.1. The SMILES string of the molecule is Cn1cc(-c2cc3cc(C(=O)Nc4cc(C(=O)NCCN5CC6CCC(C5)O6)ccc4F)cnc3[nH]2)cn1. The van der Waals surface area contributed by atoms with Crippen LogP contribution < -0.4 is 10.6 Å². The van der Waals surface area contributed by atoms with Gasteiger partial charge in [0.25, 0.3) is 11.8 Å². The fraction of sp³-hybridized carbons (Fsp3) is 0.333. The van der Waals surface area contributed by atoms with Crippen LogP contribution in [-0.2, 0) is 11.8 Å². The summed E-state index contributed by atoms with van der Waals surface area (Å²) in [5.74, 6) is -1.48. The topological polar surface area (TPSA) is 117 Å². The van der Waals surface area contributed by atoms with E-state index in [1.165, 1.54) is 24.4 Å². The number of hydrogen-bond donors (Lipinski definition) is 3. The Labute approximate surface area is 218 Å². The van der Waals surface area contributed by atoms with Crippen LogP contribution in [0.1, 0.15) is 33.6 Å². The fourth-order valence-electron chi connectivity index (χ4n) is 5.12. The van der Waals surface area contributed by atoms with Crippen LogP contribution in [0.15, 0.2) is 48.9 Å². The van der Waals surface area contributed by atoms with Crippen LogP contribution in [0.3, 0.4) is 0 Å². The summed E-state index contributed by atoms with van der Waals surface area (Å²) in [4.78, 5) is 35.5. The minimum Gasteiger partial charge on any atom is -0.372 e. The van der Waals surface area contributed by atoms with Crippen molar-refractivity contribution in [1.82, 2.24) is 30.0 Å². The first-order valence-corrected chi connectivity index (χ1v) is 12.7. The van der Waals surface area contributed by atoms with Gasteiger partial charge in [-0.3, -0.25) is 19.2 Å². The van der Waals surface area contributed by atoms with E-state index in [2.05, 4.69) is 30.6 Å². The van der Waals surface area contributed by atoms with Gasteiger partial charge in [-0.1, -0.05) is 0 Å². The van der Waals surface area contributed by atoms with E-state index in [1.54, 1.807) is 16.9 Å². The number of nitrogens with one attached hydrogen (secondary N) is 3. The van der Waals surface area contributed by atoms with Crippen molar-refractivity contribution in [2.75, 3.05) is 31.5 Å². The molecule has 38 heavy (non-hydrogen) atoms. The third kappa shape index (κ3) is 5.02. The van der Waals surface area contributed by atoms with Crippen molar-refractivity contribution in [1.29, 1.82) is 0 Å². The molecular weight excluding hydrogens is 489 g/mol. The van der Waals surface area contributed by atoms with Crippen LogP contribution in [0.2, 0.25) is 0 Å². The van der Waals surface area contributed by atoms with Crippen molar-refractivity contribution in [2.24, 2.45) is 7.05 Å². The molecule has 5 heterocycles. The van der Waals surface area contributed by atoms with Crippen molar-refractivity contribution in [3.63, 3.8) is 0 Å². The molecule has 10 nitrogen and oxygen atoms in total. The number of halogens is 1. The normalized spacial score (nSPS) is 19.1. The molecule has 3 N–H and O–H groups in total. The Morgan fingerprint density at radius 1 is 1.11 bits per heavy atom. The molecule has 2 aliphatic heterocycles. The zero-order valence-corrected chi connectivity index (χ0v) is 20.9. The Kier molecular flexibility index (Phi) is 6.38. The van der Waals surface area contributed by atoms with E-state index in [0.717, 1.165) is 49.1 Å². The minimum absolute atomic E-state index is 0.0716. The van der Waals surface area contributed by atoms with Gasteiger partial charge in [0.05, 0.1) is 35.3 Å². The van der Waals surface area contributed by atoms with Crippen LogP contribution >= 0.6 is 0 Å². The molecule has 2 saturated heterocycles. The highest BCUT2D eigenvalue weighted by atomic mass is 19.1. The standard InChI is InChI=1S/C27H28FN7O3/c1-34-13-19(12-31-34)23-10-17-8-18(11-30-25(17)32-23)27(37)33-24-9-16(2-5-22(24)28)26(36)29-6-7-35-14-20-3-4-21(15-35)38-20/h2,5,8-13,20-21H,3-4,6-7,14-15H2,1H3,(H,29,36)(H,30,32)(H,33,37). The van der Waals surface area contributed by atoms with Gasteiger partial charge in [0.2, 0.25) is 0 Å². The fourth-order valence-corrected chi connectivity index (χ4v) is 5.12. The number of fused-ring (bicyclic) bond motifs is 3. The first-order chi connectivity index (χ1) is 18.4. The summed E-state index contributed by atoms with van der Waals surface area (Å²) < 4.78 is 22.1. The summed E-state index contributed by atoms with van der Waals surface area (Å²) in [5, 5.41) is 10.4. The molecule has 2 atom stereocenters. The number of ether oxygens (including phenoxy) is 1. The first kappa shape index (κ1) is 24.3. The maximum absolute atomic E-state index is 14.5. The molecule has 1 aromatic carbocycles. The van der Waals surface area contributed by atoms with Gasteiger partial charge >= 0.3 is 0 Å². The van der Waals surface area contributed by atoms with Crippen molar-refractivity contribution in [2.45, 2.75) is 25.0 Å². The highest BCUT2D eigenvalue weighted by Crippen LogP contribution is 2.26. The number of anilines is 1. The highest BCUT2D eigenvalue weighted by molar-refractivity contribution is 6.06. The van der Waals surface area contributed by atoms with E-state index in [1.807, 2.05) is 19.3 Å². The van der Waals surface area contributed by atoms with Gasteiger partial charge in [-0.25, -0.2) is 9.37 Å². The largest absolute Gasteiger partial charge is 0.372 e. The van der Waals surface area contributed by atoms with E-state index in [-0.39, 0.29) is 22.7 Å². The third-order valence-electron chi connectivity index (χ3n) is 7.06. The van der Waals surface area contributed by atoms with Gasteiger partial charge in [0.1, 0.15) is 11.5 Å². The number of benzene rings is 1. The number of aryl methyl sites for hydroxylation is 1. The van der Waals surface area contributed by atoms with Crippen molar-refractivity contribution in [3.05, 3.63) is 65.9 Å². The molecule has 6 rings (SSSR count). The number of likely N-dealkylation sites (tertiary alicyclic amines) is 1. The number of amides is 2. The van der Waals surface area contributed by atoms with Gasteiger partial charge in [-0.15, -0.1) is 0 Å². The first-order valence-electron chi connectivity index (χ1n) is 12.7. The average Bonchev–Trinajstić information content (AvgIpc) is 3.62. The molecule has 2 unspecified atom stereocenters. The van der Waals surface area contributed by atoms with Crippen LogP contribution in [0.25, 0.3) is 22.3 Å². The molecule has 4 aromatic rings. The summed E-state index contributed by atoms with van der Waals surface area (Å²) in [7, 11) is 1.83. The maximum Gasteiger partial charge on any atom is 0.257 e. The second-order valence-electron chi connectivity index (χ2n) is 9.87. The van der Waals surface area contributed by atoms with Crippen LogP contribution in [-0.4, -0.2) is 74.8 Å². The molecule has 196 valence electrons. The number of aromatic nitrogens is 4. The van der Waals surface area contributed by atoms with Gasteiger partial charge < -0.3 is 20.4 Å². The molecule has 2 amide bonds. The molecule has 2 aliphatic rings. The van der Waals surface area contributed by atoms with Gasteiger partial charge in [-0.2, -0.15) is 5.10 Å². The Bertz CT molecular complexity index is 1500. The van der Waals surface area contributed by atoms with Gasteiger partial charge in [0.15, 0.2) is 0 Å². The number of nitrogens with zero attached hydrogens (tertiary/aromatic N) is 4. The smallest absolute Gasteiger partial charge is 0.257 e. The second kappa shape index (κ2) is 9.99. The highest BCUT2D eigenvalue weighted by Gasteiger charge is 2.33. The molecule has 2 fully saturated rings.